The van der Waals surface area contributed by atoms with Gasteiger partial charge in [0.2, 0.25) is 5.89 Å². The van der Waals surface area contributed by atoms with Gasteiger partial charge in [-0.15, -0.1) is 0 Å². The topological polar surface area (TPSA) is 77.8 Å². The van der Waals surface area contributed by atoms with Gasteiger partial charge in [0, 0.05) is 27.6 Å². The van der Waals surface area contributed by atoms with Crippen molar-refractivity contribution in [3.05, 3.63) is 170 Å². The van der Waals surface area contributed by atoms with Crippen LogP contribution in [0.15, 0.2) is 179 Å². The molecule has 3 heterocycles. The zero-order valence-electron chi connectivity index (χ0n) is 29.8. The number of nitrogens with zero attached hydrogens (tertiary/aromatic N) is 4. The van der Waals surface area contributed by atoms with Crippen molar-refractivity contribution in [2.45, 2.75) is 0 Å². The number of aromatic nitrogens is 4. The summed E-state index contributed by atoms with van der Waals surface area (Å²) < 4.78 is 12.9. The molecule has 56 heavy (non-hydrogen) atoms. The molecule has 12 rings (SSSR count). The summed E-state index contributed by atoms with van der Waals surface area (Å²) in [6, 6.07) is 58.3. The molecule has 0 aliphatic heterocycles. The van der Waals surface area contributed by atoms with E-state index in [1.165, 1.54) is 16.2 Å². The smallest absolute Gasteiger partial charge is 0.227 e. The van der Waals surface area contributed by atoms with Crippen LogP contribution in [-0.4, -0.2) is 19.9 Å². The molecule has 6 nitrogen and oxygen atoms in total. The lowest BCUT2D eigenvalue weighted by molar-refractivity contribution is 0.619. The van der Waals surface area contributed by atoms with E-state index < -0.39 is 0 Å². The van der Waals surface area contributed by atoms with Crippen LogP contribution in [0.5, 0.6) is 0 Å². The Morgan fingerprint density at radius 1 is 0.321 bits per heavy atom. The van der Waals surface area contributed by atoms with Crippen LogP contribution in [0.4, 0.5) is 0 Å². The van der Waals surface area contributed by atoms with Crippen LogP contribution >= 0.6 is 0 Å². The molecule has 3 aromatic heterocycles. The minimum Gasteiger partial charge on any atom is -0.456 e. The minimum atomic E-state index is 0.563. The van der Waals surface area contributed by atoms with Crippen LogP contribution in [0.3, 0.4) is 0 Å². The first kappa shape index (κ1) is 30.7. The third-order valence-corrected chi connectivity index (χ3v) is 10.9. The fraction of sp³-hybridized carbons (Fsp3) is 0. The van der Waals surface area contributed by atoms with Crippen molar-refractivity contribution in [1.82, 2.24) is 19.9 Å². The zero-order valence-corrected chi connectivity index (χ0v) is 29.8. The van der Waals surface area contributed by atoms with Crippen molar-refractivity contribution >= 4 is 76.1 Å². The fourth-order valence-corrected chi connectivity index (χ4v) is 8.23. The van der Waals surface area contributed by atoms with Crippen LogP contribution in [0.2, 0.25) is 0 Å². The summed E-state index contributed by atoms with van der Waals surface area (Å²) >= 11 is 0. The maximum Gasteiger partial charge on any atom is 0.227 e. The number of oxazole rings is 1. The molecule has 0 radical (unpaired) electrons. The second-order valence-electron chi connectivity index (χ2n) is 14.2. The molecular formula is C50H28N4O2. The van der Waals surface area contributed by atoms with Gasteiger partial charge < -0.3 is 8.83 Å². The van der Waals surface area contributed by atoms with Gasteiger partial charge in [-0.05, 0) is 85.6 Å². The van der Waals surface area contributed by atoms with E-state index in [-0.39, 0.29) is 0 Å². The summed E-state index contributed by atoms with van der Waals surface area (Å²) in [5, 5.41) is 10.9. The van der Waals surface area contributed by atoms with Crippen LogP contribution in [0.1, 0.15) is 0 Å². The third kappa shape index (κ3) is 4.76. The molecule has 0 fully saturated rings. The van der Waals surface area contributed by atoms with E-state index in [2.05, 4.69) is 127 Å². The number of fused-ring (bicyclic) bond motifs is 11. The maximum atomic E-state index is 6.65. The van der Waals surface area contributed by atoms with Gasteiger partial charge in [-0.25, -0.2) is 19.9 Å². The maximum absolute atomic E-state index is 6.65. The molecule has 0 spiro atoms. The number of hydrogen-bond acceptors (Lipinski definition) is 6. The van der Waals surface area contributed by atoms with Gasteiger partial charge in [-0.1, -0.05) is 127 Å². The average Bonchev–Trinajstić information content (AvgIpc) is 3.88. The fourth-order valence-electron chi connectivity index (χ4n) is 8.23. The lowest BCUT2D eigenvalue weighted by Crippen LogP contribution is -2.01. The second-order valence-corrected chi connectivity index (χ2v) is 14.2. The molecule has 0 aliphatic rings. The third-order valence-electron chi connectivity index (χ3n) is 10.9. The van der Waals surface area contributed by atoms with Crippen LogP contribution in [-0.2, 0) is 0 Å². The SMILES string of the molecule is c1ccc(-c2nc3c(ccc4oc5cc(-c6nc(-c7ccc8ccccc8c7)nc(-c7ccc8c(ccc9ccccc98)c7)n6)c6ccccc6c5c43)o2)cc1. The summed E-state index contributed by atoms with van der Waals surface area (Å²) in [5.74, 6) is 2.33. The Morgan fingerprint density at radius 3 is 1.77 bits per heavy atom. The van der Waals surface area contributed by atoms with E-state index in [1.54, 1.807) is 0 Å². The highest BCUT2D eigenvalue weighted by Gasteiger charge is 2.22. The van der Waals surface area contributed by atoms with Crippen molar-refractivity contribution in [3.63, 3.8) is 0 Å². The Hall–Kier alpha value is -7.70. The molecule has 6 heteroatoms. The van der Waals surface area contributed by atoms with E-state index in [0.29, 0.717) is 28.9 Å². The number of benzene rings is 9. The molecule has 260 valence electrons. The highest BCUT2D eigenvalue weighted by atomic mass is 16.4. The Bertz CT molecular complexity index is 3550. The molecule has 0 amide bonds. The molecule has 0 unspecified atom stereocenters. The van der Waals surface area contributed by atoms with Gasteiger partial charge in [0.1, 0.15) is 16.7 Å². The first-order valence-corrected chi connectivity index (χ1v) is 18.6. The van der Waals surface area contributed by atoms with E-state index in [9.17, 15) is 0 Å². The molecule has 0 N–H and O–H groups in total. The number of hydrogen-bond donors (Lipinski definition) is 0. The monoisotopic (exact) mass is 716 g/mol. The molecule has 0 atom stereocenters. The van der Waals surface area contributed by atoms with E-state index in [0.717, 1.165) is 76.6 Å². The summed E-state index contributed by atoms with van der Waals surface area (Å²) in [6.07, 6.45) is 0. The lowest BCUT2D eigenvalue weighted by Gasteiger charge is -2.12. The summed E-state index contributed by atoms with van der Waals surface area (Å²) in [6.45, 7) is 0. The van der Waals surface area contributed by atoms with Gasteiger partial charge in [0.05, 0.1) is 5.39 Å². The molecule has 9 aromatic carbocycles. The predicted octanol–water partition coefficient (Wildman–Crippen LogP) is 13.2. The predicted molar refractivity (Wildman–Crippen MR) is 226 cm³/mol. The Morgan fingerprint density at radius 2 is 0.929 bits per heavy atom. The number of rotatable bonds is 4. The first-order valence-electron chi connectivity index (χ1n) is 18.6. The quantitative estimate of drug-likeness (QED) is 0.169. The standard InChI is InChI=1S/C50H28N4O2/c1-2-12-31(13-3-1)50-51-46-42(56-50)25-24-41-45(46)44-39-17-9-8-16-38(39)40(28-43(44)55-41)49-53-47(34-21-18-29-10-4-5-14-32(29)26-34)52-48(54-49)35-22-23-37-33(27-35)20-19-30-11-6-7-15-36(30)37/h1-28H. The zero-order chi connectivity index (χ0) is 36.7. The highest BCUT2D eigenvalue weighted by molar-refractivity contribution is 6.27. The Labute approximate surface area is 319 Å². The molecule has 0 saturated heterocycles. The molecule has 0 bridgehead atoms. The molecule has 12 aromatic rings. The van der Waals surface area contributed by atoms with E-state index in [1.807, 2.05) is 42.5 Å². The van der Waals surface area contributed by atoms with Crippen LogP contribution in [0.25, 0.3) is 122 Å². The first-order chi connectivity index (χ1) is 27.7. The Balaban J connectivity index is 1.10. The van der Waals surface area contributed by atoms with E-state index >= 15 is 0 Å². The van der Waals surface area contributed by atoms with Crippen LogP contribution in [0, 0.1) is 0 Å². The van der Waals surface area contributed by atoms with Crippen molar-refractivity contribution in [1.29, 1.82) is 0 Å². The average molecular weight is 717 g/mol. The summed E-state index contributed by atoms with van der Waals surface area (Å²) in [4.78, 5) is 20.6. The van der Waals surface area contributed by atoms with Crippen molar-refractivity contribution < 1.29 is 8.83 Å². The lowest BCUT2D eigenvalue weighted by atomic mass is 9.98. The van der Waals surface area contributed by atoms with Gasteiger partial charge >= 0.3 is 0 Å². The molecule has 0 saturated carbocycles. The van der Waals surface area contributed by atoms with Crippen molar-refractivity contribution in [2.75, 3.05) is 0 Å². The summed E-state index contributed by atoms with van der Waals surface area (Å²) in [5.41, 5.74) is 6.53. The second kappa shape index (κ2) is 11.9. The van der Waals surface area contributed by atoms with Crippen molar-refractivity contribution in [3.8, 4) is 45.6 Å². The Kier molecular flexibility index (Phi) is 6.53. The largest absolute Gasteiger partial charge is 0.456 e. The minimum absolute atomic E-state index is 0.563. The van der Waals surface area contributed by atoms with Gasteiger partial charge in [0.25, 0.3) is 0 Å². The normalized spacial score (nSPS) is 11.9. The van der Waals surface area contributed by atoms with E-state index in [4.69, 9.17) is 28.8 Å². The van der Waals surface area contributed by atoms with Gasteiger partial charge in [-0.3, -0.25) is 0 Å². The summed E-state index contributed by atoms with van der Waals surface area (Å²) in [7, 11) is 0. The molecular weight excluding hydrogens is 689 g/mol. The number of furan rings is 1. The van der Waals surface area contributed by atoms with Crippen LogP contribution < -0.4 is 0 Å². The van der Waals surface area contributed by atoms with Gasteiger partial charge in [-0.2, -0.15) is 0 Å². The van der Waals surface area contributed by atoms with Crippen molar-refractivity contribution in [2.24, 2.45) is 0 Å². The molecule has 0 aliphatic carbocycles. The highest BCUT2D eigenvalue weighted by Crippen LogP contribution is 2.43. The van der Waals surface area contributed by atoms with Gasteiger partial charge in [0.15, 0.2) is 23.1 Å².